The molecular weight excluding hydrogens is 236 g/mol. The van der Waals surface area contributed by atoms with E-state index in [9.17, 15) is 0 Å². The maximum Gasteiger partial charge on any atom is 0.127 e. The molecular formula is C15H16N4. The van der Waals surface area contributed by atoms with E-state index >= 15 is 0 Å². The molecule has 0 aliphatic heterocycles. The van der Waals surface area contributed by atoms with E-state index in [4.69, 9.17) is 0 Å². The maximum atomic E-state index is 4.52. The van der Waals surface area contributed by atoms with Gasteiger partial charge in [0, 0.05) is 23.5 Å². The Balaban J connectivity index is 2.07. The highest BCUT2D eigenvalue weighted by atomic mass is 15.0. The van der Waals surface area contributed by atoms with Crippen LogP contribution in [0.1, 0.15) is 23.1 Å². The Bertz CT molecular complexity index is 688. The second kappa shape index (κ2) is 4.82. The molecule has 4 nitrogen and oxygen atoms in total. The van der Waals surface area contributed by atoms with E-state index in [1.165, 1.54) is 5.56 Å². The van der Waals surface area contributed by atoms with Gasteiger partial charge >= 0.3 is 0 Å². The molecule has 19 heavy (non-hydrogen) atoms. The Labute approximate surface area is 111 Å². The molecule has 0 aliphatic rings. The number of hydrogen-bond donors (Lipinski definition) is 2. The first-order valence-electron chi connectivity index (χ1n) is 6.32. The van der Waals surface area contributed by atoms with Gasteiger partial charge in [0.15, 0.2) is 0 Å². The maximum absolute atomic E-state index is 4.52. The lowest BCUT2D eigenvalue weighted by Crippen LogP contribution is -2.18. The minimum atomic E-state index is 0.0701. The van der Waals surface area contributed by atoms with Gasteiger partial charge in [-0.25, -0.2) is 4.98 Å². The summed E-state index contributed by atoms with van der Waals surface area (Å²) in [6, 6.07) is 10.5. The van der Waals surface area contributed by atoms with Gasteiger partial charge in [0.2, 0.25) is 0 Å². The molecule has 2 heterocycles. The van der Waals surface area contributed by atoms with Gasteiger partial charge in [-0.1, -0.05) is 12.1 Å². The summed E-state index contributed by atoms with van der Waals surface area (Å²) in [6.45, 7) is 2.01. The lowest BCUT2D eigenvalue weighted by atomic mass is 10.0. The predicted molar refractivity (Wildman–Crippen MR) is 76.0 cm³/mol. The van der Waals surface area contributed by atoms with Crippen LogP contribution in [-0.4, -0.2) is 22.0 Å². The molecule has 0 saturated heterocycles. The Morgan fingerprint density at radius 2 is 2.11 bits per heavy atom. The van der Waals surface area contributed by atoms with Crippen LogP contribution in [-0.2, 0) is 0 Å². The first kappa shape index (κ1) is 11.9. The van der Waals surface area contributed by atoms with Gasteiger partial charge < -0.3 is 10.3 Å². The molecule has 0 spiro atoms. The van der Waals surface area contributed by atoms with Crippen molar-refractivity contribution in [2.75, 3.05) is 7.05 Å². The number of fused-ring (bicyclic) bond motifs is 1. The van der Waals surface area contributed by atoms with Crippen molar-refractivity contribution in [2.24, 2.45) is 0 Å². The van der Waals surface area contributed by atoms with E-state index in [-0.39, 0.29) is 6.04 Å². The van der Waals surface area contributed by atoms with E-state index in [0.717, 1.165) is 22.4 Å². The van der Waals surface area contributed by atoms with E-state index in [1.54, 1.807) is 6.20 Å². The second-order valence-electron chi connectivity index (χ2n) is 4.60. The summed E-state index contributed by atoms with van der Waals surface area (Å²) in [6.07, 6.45) is 3.61. The molecule has 0 radical (unpaired) electrons. The summed E-state index contributed by atoms with van der Waals surface area (Å²) >= 11 is 0. The molecule has 0 bridgehead atoms. The molecule has 0 saturated carbocycles. The number of aryl methyl sites for hydroxylation is 1. The van der Waals surface area contributed by atoms with Crippen molar-refractivity contribution in [3.05, 3.63) is 59.8 Å². The largest absolute Gasteiger partial charge is 0.347 e. The zero-order valence-electron chi connectivity index (χ0n) is 11.0. The third kappa shape index (κ3) is 2.22. The first-order valence-corrected chi connectivity index (χ1v) is 6.32. The molecule has 1 unspecified atom stereocenters. The average Bonchev–Trinajstić information content (AvgIpc) is 2.93. The Kier molecular flexibility index (Phi) is 3.01. The fourth-order valence-electron chi connectivity index (χ4n) is 2.32. The van der Waals surface area contributed by atoms with Crippen molar-refractivity contribution in [1.82, 2.24) is 20.3 Å². The molecule has 0 fully saturated rings. The summed E-state index contributed by atoms with van der Waals surface area (Å²) in [5, 5.41) is 4.43. The van der Waals surface area contributed by atoms with Crippen LogP contribution in [0, 0.1) is 6.92 Å². The normalized spacial score (nSPS) is 12.7. The average molecular weight is 252 g/mol. The number of nitrogens with one attached hydrogen (secondary N) is 2. The third-order valence-corrected chi connectivity index (χ3v) is 3.27. The van der Waals surface area contributed by atoms with Crippen molar-refractivity contribution in [1.29, 1.82) is 0 Å². The highest BCUT2D eigenvalue weighted by Crippen LogP contribution is 2.22. The summed E-state index contributed by atoms with van der Waals surface area (Å²) in [4.78, 5) is 12.0. The molecule has 96 valence electrons. The number of pyridine rings is 1. The number of rotatable bonds is 3. The van der Waals surface area contributed by atoms with Crippen LogP contribution in [0.3, 0.4) is 0 Å². The van der Waals surface area contributed by atoms with Gasteiger partial charge in [-0.05, 0) is 37.7 Å². The van der Waals surface area contributed by atoms with Gasteiger partial charge in [0.1, 0.15) is 5.82 Å². The van der Waals surface area contributed by atoms with Crippen LogP contribution >= 0.6 is 0 Å². The highest BCUT2D eigenvalue weighted by Gasteiger charge is 2.14. The summed E-state index contributed by atoms with van der Waals surface area (Å²) < 4.78 is 0. The molecule has 4 heteroatoms. The molecule has 0 aliphatic carbocycles. The molecule has 2 aromatic heterocycles. The molecule has 3 rings (SSSR count). The smallest absolute Gasteiger partial charge is 0.127 e. The van der Waals surface area contributed by atoms with E-state index < -0.39 is 0 Å². The summed E-state index contributed by atoms with van der Waals surface area (Å²) in [7, 11) is 1.94. The van der Waals surface area contributed by atoms with Crippen LogP contribution in [0.2, 0.25) is 0 Å². The zero-order chi connectivity index (χ0) is 13.2. The highest BCUT2D eigenvalue weighted by molar-refractivity contribution is 5.79. The number of H-pyrrole nitrogens is 1. The molecule has 0 amide bonds. The molecule has 1 atom stereocenters. The minimum absolute atomic E-state index is 0.0701. The number of aromatic nitrogens is 3. The summed E-state index contributed by atoms with van der Waals surface area (Å²) in [5.74, 6) is 0.918. The van der Waals surface area contributed by atoms with E-state index in [2.05, 4.69) is 44.5 Å². The van der Waals surface area contributed by atoms with Crippen LogP contribution < -0.4 is 5.32 Å². The standard InChI is InChI=1S/C15H16N4/c1-10-3-4-11-9-12(5-6-13(11)19-10)14(16-2)15-17-7-8-18-15/h3-9,14,16H,1-2H3,(H,17,18). The Morgan fingerprint density at radius 1 is 1.21 bits per heavy atom. The fraction of sp³-hybridized carbons (Fsp3) is 0.200. The van der Waals surface area contributed by atoms with E-state index in [0.29, 0.717) is 0 Å². The third-order valence-electron chi connectivity index (χ3n) is 3.27. The number of nitrogens with zero attached hydrogens (tertiary/aromatic N) is 2. The summed E-state index contributed by atoms with van der Waals surface area (Å²) in [5.41, 5.74) is 3.24. The monoisotopic (exact) mass is 252 g/mol. The van der Waals surface area contributed by atoms with Crippen LogP contribution in [0.25, 0.3) is 10.9 Å². The number of benzene rings is 1. The van der Waals surface area contributed by atoms with E-state index in [1.807, 2.05) is 26.2 Å². The number of imidazole rings is 1. The van der Waals surface area contributed by atoms with Crippen LogP contribution in [0.5, 0.6) is 0 Å². The molecule has 3 aromatic rings. The van der Waals surface area contributed by atoms with Crippen molar-refractivity contribution >= 4 is 10.9 Å². The lowest BCUT2D eigenvalue weighted by molar-refractivity contribution is 0.656. The van der Waals surface area contributed by atoms with Gasteiger partial charge in [-0.2, -0.15) is 0 Å². The lowest BCUT2D eigenvalue weighted by Gasteiger charge is -2.14. The van der Waals surface area contributed by atoms with Crippen molar-refractivity contribution in [2.45, 2.75) is 13.0 Å². The van der Waals surface area contributed by atoms with Gasteiger partial charge in [0.05, 0.1) is 11.6 Å². The SMILES string of the molecule is CNC(c1ccc2nc(C)ccc2c1)c1ncc[nH]1. The topological polar surface area (TPSA) is 53.6 Å². The number of aromatic amines is 1. The van der Waals surface area contributed by atoms with Crippen LogP contribution in [0.4, 0.5) is 0 Å². The van der Waals surface area contributed by atoms with Gasteiger partial charge in [-0.3, -0.25) is 4.98 Å². The minimum Gasteiger partial charge on any atom is -0.347 e. The quantitative estimate of drug-likeness (QED) is 0.753. The zero-order valence-corrected chi connectivity index (χ0v) is 11.0. The van der Waals surface area contributed by atoms with Crippen molar-refractivity contribution < 1.29 is 0 Å². The Morgan fingerprint density at radius 3 is 2.84 bits per heavy atom. The van der Waals surface area contributed by atoms with Crippen molar-refractivity contribution in [3.63, 3.8) is 0 Å². The van der Waals surface area contributed by atoms with Crippen LogP contribution in [0.15, 0.2) is 42.7 Å². The first-order chi connectivity index (χ1) is 9.28. The predicted octanol–water partition coefficient (Wildman–Crippen LogP) is 2.58. The van der Waals surface area contributed by atoms with Gasteiger partial charge in [-0.15, -0.1) is 0 Å². The Hall–Kier alpha value is -2.20. The van der Waals surface area contributed by atoms with Gasteiger partial charge in [0.25, 0.3) is 0 Å². The van der Waals surface area contributed by atoms with Crippen molar-refractivity contribution in [3.8, 4) is 0 Å². The second-order valence-corrected chi connectivity index (χ2v) is 4.60. The fourth-order valence-corrected chi connectivity index (χ4v) is 2.32. The molecule has 2 N–H and O–H groups in total. The molecule has 1 aromatic carbocycles. The number of hydrogen-bond acceptors (Lipinski definition) is 3.